The highest BCUT2D eigenvalue weighted by Crippen LogP contribution is 2.18. The van der Waals surface area contributed by atoms with Crippen LogP contribution in [0.15, 0.2) is 42.7 Å². The van der Waals surface area contributed by atoms with Gasteiger partial charge in [-0.1, -0.05) is 6.07 Å². The summed E-state index contributed by atoms with van der Waals surface area (Å²) in [6.45, 7) is 1.82. The lowest BCUT2D eigenvalue weighted by molar-refractivity contribution is 0.559. The van der Waals surface area contributed by atoms with Crippen LogP contribution in [0.4, 0.5) is 8.78 Å². The Morgan fingerprint density at radius 1 is 1.19 bits per heavy atom. The third-order valence-corrected chi connectivity index (χ3v) is 2.38. The summed E-state index contributed by atoms with van der Waals surface area (Å²) >= 11 is 0. The molecule has 2 nitrogen and oxygen atoms in total. The molecule has 0 amide bonds. The van der Waals surface area contributed by atoms with Gasteiger partial charge in [-0.2, -0.15) is 0 Å². The third-order valence-electron chi connectivity index (χ3n) is 2.38. The number of halogens is 2. The molecule has 0 aliphatic carbocycles. The fourth-order valence-electron chi connectivity index (χ4n) is 1.57. The van der Waals surface area contributed by atoms with Crippen LogP contribution in [-0.2, 0) is 0 Å². The zero-order valence-electron chi connectivity index (χ0n) is 8.82. The molecule has 1 aromatic carbocycles. The minimum absolute atomic E-state index is 0.229. The molecule has 1 N–H and O–H groups in total. The Bertz CT molecular complexity index is 466. The molecule has 1 unspecified atom stereocenters. The average Bonchev–Trinajstić information content (AvgIpc) is 2.70. The summed E-state index contributed by atoms with van der Waals surface area (Å²) in [6.07, 6.45) is 3.63. The molecule has 4 heteroatoms. The Morgan fingerprint density at radius 3 is 2.50 bits per heavy atom. The van der Waals surface area contributed by atoms with Crippen molar-refractivity contribution in [3.05, 3.63) is 59.9 Å². The van der Waals surface area contributed by atoms with Crippen molar-refractivity contribution >= 4 is 0 Å². The van der Waals surface area contributed by atoms with Gasteiger partial charge in [-0.05, 0) is 25.1 Å². The van der Waals surface area contributed by atoms with Crippen LogP contribution < -0.4 is 5.43 Å². The van der Waals surface area contributed by atoms with Gasteiger partial charge in [0.25, 0.3) is 0 Å². The van der Waals surface area contributed by atoms with E-state index in [2.05, 4.69) is 5.43 Å². The number of benzene rings is 1. The number of hydrogen-bond donors (Lipinski definition) is 1. The van der Waals surface area contributed by atoms with Crippen LogP contribution in [0.25, 0.3) is 0 Å². The highest BCUT2D eigenvalue weighted by Gasteiger charge is 2.11. The van der Waals surface area contributed by atoms with Crippen LogP contribution >= 0.6 is 0 Å². The van der Waals surface area contributed by atoms with E-state index in [1.807, 2.05) is 31.5 Å². The lowest BCUT2D eigenvalue weighted by Crippen LogP contribution is -2.18. The average molecular weight is 222 g/mol. The van der Waals surface area contributed by atoms with Crippen molar-refractivity contribution in [3.8, 4) is 0 Å². The Morgan fingerprint density at radius 2 is 1.88 bits per heavy atom. The van der Waals surface area contributed by atoms with E-state index in [-0.39, 0.29) is 6.04 Å². The quantitative estimate of drug-likeness (QED) is 0.844. The molecule has 0 aliphatic heterocycles. The van der Waals surface area contributed by atoms with Crippen molar-refractivity contribution in [1.29, 1.82) is 0 Å². The molecule has 2 rings (SSSR count). The van der Waals surface area contributed by atoms with Gasteiger partial charge >= 0.3 is 0 Å². The van der Waals surface area contributed by atoms with E-state index in [9.17, 15) is 8.78 Å². The lowest BCUT2D eigenvalue weighted by atomic mass is 10.1. The molecule has 1 heterocycles. The molecule has 0 saturated heterocycles. The number of nitrogens with one attached hydrogen (secondary N) is 1. The van der Waals surface area contributed by atoms with Gasteiger partial charge in [0.15, 0.2) is 0 Å². The summed E-state index contributed by atoms with van der Waals surface area (Å²) in [6, 6.07) is 7.09. The maximum atomic E-state index is 13.4. The largest absolute Gasteiger partial charge is 0.319 e. The minimum atomic E-state index is -0.561. The lowest BCUT2D eigenvalue weighted by Gasteiger charge is -2.17. The normalized spacial score (nSPS) is 12.4. The van der Waals surface area contributed by atoms with E-state index >= 15 is 0 Å². The van der Waals surface area contributed by atoms with Gasteiger partial charge < -0.3 is 5.43 Å². The van der Waals surface area contributed by atoms with Crippen LogP contribution in [0.3, 0.4) is 0 Å². The zero-order chi connectivity index (χ0) is 11.5. The van der Waals surface area contributed by atoms with E-state index in [4.69, 9.17) is 0 Å². The maximum absolute atomic E-state index is 13.4. The second kappa shape index (κ2) is 4.35. The fourth-order valence-corrected chi connectivity index (χ4v) is 1.57. The number of nitrogens with zero attached hydrogens (tertiary/aromatic N) is 1. The van der Waals surface area contributed by atoms with Crippen LogP contribution in [0.1, 0.15) is 18.5 Å². The summed E-state index contributed by atoms with van der Waals surface area (Å²) < 4.78 is 27.9. The minimum Gasteiger partial charge on any atom is -0.319 e. The van der Waals surface area contributed by atoms with Crippen molar-refractivity contribution in [3.63, 3.8) is 0 Å². The molecule has 0 saturated carbocycles. The molecule has 1 atom stereocenters. The predicted molar refractivity (Wildman–Crippen MR) is 58.6 cm³/mol. The summed E-state index contributed by atoms with van der Waals surface area (Å²) in [5.74, 6) is -1.10. The first-order valence-corrected chi connectivity index (χ1v) is 5.01. The molecule has 0 fully saturated rings. The van der Waals surface area contributed by atoms with Gasteiger partial charge in [0.1, 0.15) is 11.6 Å². The molecule has 84 valence electrons. The van der Waals surface area contributed by atoms with E-state index in [1.165, 1.54) is 12.1 Å². The van der Waals surface area contributed by atoms with Gasteiger partial charge in [-0.3, -0.25) is 4.68 Å². The molecular formula is C12H12F2N2. The Hall–Kier alpha value is -1.84. The number of hydrogen-bond acceptors (Lipinski definition) is 1. The van der Waals surface area contributed by atoms with Crippen molar-refractivity contribution in [2.75, 3.05) is 5.43 Å². The Kier molecular flexibility index (Phi) is 2.90. The van der Waals surface area contributed by atoms with Crippen LogP contribution in [0, 0.1) is 11.6 Å². The van der Waals surface area contributed by atoms with E-state index in [0.717, 1.165) is 6.07 Å². The van der Waals surface area contributed by atoms with Crippen LogP contribution in [0.2, 0.25) is 0 Å². The van der Waals surface area contributed by atoms with Gasteiger partial charge in [0.05, 0.1) is 6.04 Å². The second-order valence-electron chi connectivity index (χ2n) is 3.61. The van der Waals surface area contributed by atoms with Crippen molar-refractivity contribution < 1.29 is 8.78 Å². The second-order valence-corrected chi connectivity index (χ2v) is 3.61. The summed E-state index contributed by atoms with van der Waals surface area (Å²) in [4.78, 5) is 0. The molecule has 0 bridgehead atoms. The summed E-state index contributed by atoms with van der Waals surface area (Å²) in [7, 11) is 0. The van der Waals surface area contributed by atoms with E-state index < -0.39 is 11.6 Å². The predicted octanol–water partition coefficient (Wildman–Crippen LogP) is 3.07. The maximum Gasteiger partial charge on any atom is 0.131 e. The first-order chi connectivity index (χ1) is 7.66. The van der Waals surface area contributed by atoms with Gasteiger partial charge in [-0.25, -0.2) is 8.78 Å². The Labute approximate surface area is 92.5 Å². The highest BCUT2D eigenvalue weighted by molar-refractivity contribution is 5.23. The molecule has 0 aliphatic rings. The van der Waals surface area contributed by atoms with E-state index in [0.29, 0.717) is 5.56 Å². The number of rotatable bonds is 3. The van der Waals surface area contributed by atoms with Crippen molar-refractivity contribution in [1.82, 2.24) is 4.68 Å². The van der Waals surface area contributed by atoms with E-state index in [1.54, 1.807) is 4.68 Å². The molecule has 2 aromatic rings. The van der Waals surface area contributed by atoms with Gasteiger partial charge in [0.2, 0.25) is 0 Å². The van der Waals surface area contributed by atoms with Crippen LogP contribution in [-0.4, -0.2) is 4.68 Å². The first kappa shape index (κ1) is 10.7. The molecule has 0 radical (unpaired) electrons. The molecular weight excluding hydrogens is 210 g/mol. The monoisotopic (exact) mass is 222 g/mol. The van der Waals surface area contributed by atoms with Gasteiger partial charge in [0, 0.05) is 24.0 Å². The smallest absolute Gasteiger partial charge is 0.131 e. The Balaban J connectivity index is 2.17. The van der Waals surface area contributed by atoms with Crippen molar-refractivity contribution in [2.24, 2.45) is 0 Å². The highest BCUT2D eigenvalue weighted by atomic mass is 19.1. The fraction of sp³-hybridized carbons (Fsp3) is 0.167. The topological polar surface area (TPSA) is 17.0 Å². The molecule has 1 aromatic heterocycles. The first-order valence-electron chi connectivity index (χ1n) is 5.01. The van der Waals surface area contributed by atoms with Gasteiger partial charge in [-0.15, -0.1) is 0 Å². The standard InChI is InChI=1S/C12H12F2N2/c1-9(15-16-6-2-3-7-16)11-5-4-10(13)8-12(11)14/h2-9,15H,1H3. The number of aromatic nitrogens is 1. The third kappa shape index (κ3) is 2.21. The molecule has 16 heavy (non-hydrogen) atoms. The molecule has 0 spiro atoms. The zero-order valence-corrected chi connectivity index (χ0v) is 8.82. The van der Waals surface area contributed by atoms with Crippen molar-refractivity contribution in [2.45, 2.75) is 13.0 Å². The summed E-state index contributed by atoms with van der Waals surface area (Å²) in [5.41, 5.74) is 3.49. The summed E-state index contributed by atoms with van der Waals surface area (Å²) in [5, 5.41) is 0. The van der Waals surface area contributed by atoms with Crippen LogP contribution in [0.5, 0.6) is 0 Å². The SMILES string of the molecule is CC(Nn1cccc1)c1ccc(F)cc1F.